The highest BCUT2D eigenvalue weighted by Gasteiger charge is 2.55. The number of carbonyl (C=O) groups is 3. The first-order valence-corrected chi connectivity index (χ1v) is 10.9. The number of carbonyl (C=O) groups excluding carboxylic acids is 3. The van der Waals surface area contributed by atoms with Crippen molar-refractivity contribution >= 4 is 18.0 Å². The molecule has 2 aromatic carbocycles. The van der Waals surface area contributed by atoms with Gasteiger partial charge in [0.25, 0.3) is 0 Å². The summed E-state index contributed by atoms with van der Waals surface area (Å²) >= 11 is 0. The lowest BCUT2D eigenvalue weighted by atomic mass is 9.89. The predicted octanol–water partition coefficient (Wildman–Crippen LogP) is 2.65. The van der Waals surface area contributed by atoms with Crippen molar-refractivity contribution in [1.29, 1.82) is 0 Å². The fourth-order valence-corrected chi connectivity index (χ4v) is 4.62. The Hall–Kier alpha value is -3.03. The number of hydrogen-bond acceptors (Lipinski definition) is 6. The zero-order valence-corrected chi connectivity index (χ0v) is 18.4. The van der Waals surface area contributed by atoms with E-state index in [1.807, 2.05) is 36.2 Å². The SMILES string of the molecule is CC1OCC(=O)C1(C)N(C(=O)C(CC=O)Cc1ccc(O)cc1)N1Cc2ccccc2C1. The minimum atomic E-state index is -1.16. The quantitative estimate of drug-likeness (QED) is 0.672. The lowest BCUT2D eigenvalue weighted by molar-refractivity contribution is -0.180. The Morgan fingerprint density at radius 3 is 2.38 bits per heavy atom. The molecule has 0 radical (unpaired) electrons. The molecule has 168 valence electrons. The predicted molar refractivity (Wildman–Crippen MR) is 117 cm³/mol. The molecule has 1 N–H and O–H groups in total. The lowest BCUT2D eigenvalue weighted by Gasteiger charge is -2.45. The molecule has 7 nitrogen and oxygen atoms in total. The Balaban J connectivity index is 1.69. The van der Waals surface area contributed by atoms with Crippen molar-refractivity contribution in [2.45, 2.75) is 51.4 Å². The van der Waals surface area contributed by atoms with E-state index in [-0.39, 0.29) is 30.5 Å². The maximum Gasteiger partial charge on any atom is 0.241 e. The lowest BCUT2D eigenvalue weighted by Crippen LogP contribution is -2.64. The second-order valence-electron chi connectivity index (χ2n) is 8.74. The van der Waals surface area contributed by atoms with Gasteiger partial charge >= 0.3 is 0 Å². The van der Waals surface area contributed by atoms with Gasteiger partial charge in [0.15, 0.2) is 5.78 Å². The third-order valence-corrected chi connectivity index (χ3v) is 6.72. The molecule has 2 aliphatic heterocycles. The molecule has 0 aromatic heterocycles. The second kappa shape index (κ2) is 8.84. The number of benzene rings is 2. The van der Waals surface area contributed by atoms with E-state index >= 15 is 0 Å². The number of Topliss-reactive ketones (excluding diaryl/α,β-unsaturated/α-hetero) is 1. The van der Waals surface area contributed by atoms with Crippen LogP contribution in [0.5, 0.6) is 5.75 Å². The van der Waals surface area contributed by atoms with E-state index in [9.17, 15) is 19.5 Å². The van der Waals surface area contributed by atoms with Crippen LogP contribution in [-0.2, 0) is 38.6 Å². The molecule has 3 atom stereocenters. The third-order valence-electron chi connectivity index (χ3n) is 6.72. The minimum Gasteiger partial charge on any atom is -0.508 e. The molecule has 1 saturated heterocycles. The average molecular weight is 437 g/mol. The molecular weight excluding hydrogens is 408 g/mol. The number of aldehydes is 1. The van der Waals surface area contributed by atoms with Crippen molar-refractivity contribution in [2.24, 2.45) is 5.92 Å². The highest BCUT2D eigenvalue weighted by Crippen LogP contribution is 2.36. The number of ether oxygens (including phenoxy) is 1. The van der Waals surface area contributed by atoms with Crippen LogP contribution in [-0.4, -0.2) is 51.4 Å². The zero-order chi connectivity index (χ0) is 22.9. The maximum atomic E-state index is 14.0. The third kappa shape index (κ3) is 3.94. The Bertz CT molecular complexity index is 996. The summed E-state index contributed by atoms with van der Waals surface area (Å²) in [5.74, 6) is -0.924. The number of phenolic OH excluding ortho intramolecular Hbond substituents is 1. The summed E-state index contributed by atoms with van der Waals surface area (Å²) in [5, 5.41) is 13.0. The molecular formula is C25H28N2O5. The number of aromatic hydroxyl groups is 1. The number of hydrazine groups is 1. The van der Waals surface area contributed by atoms with Gasteiger partial charge in [0, 0.05) is 19.5 Å². The van der Waals surface area contributed by atoms with Gasteiger partial charge < -0.3 is 14.6 Å². The zero-order valence-electron chi connectivity index (χ0n) is 18.4. The van der Waals surface area contributed by atoms with Crippen LogP contribution >= 0.6 is 0 Å². The van der Waals surface area contributed by atoms with Crippen LogP contribution in [0.2, 0.25) is 0 Å². The molecule has 0 spiro atoms. The molecule has 1 amide bonds. The van der Waals surface area contributed by atoms with E-state index in [0.29, 0.717) is 19.5 Å². The molecule has 1 fully saturated rings. The molecule has 0 saturated carbocycles. The number of rotatable bonds is 7. The Labute approximate surface area is 187 Å². The summed E-state index contributed by atoms with van der Waals surface area (Å²) in [5.41, 5.74) is 1.89. The van der Waals surface area contributed by atoms with Crippen molar-refractivity contribution in [2.75, 3.05) is 6.61 Å². The van der Waals surface area contributed by atoms with Crippen LogP contribution in [0.4, 0.5) is 0 Å². The molecule has 0 bridgehead atoms. The van der Waals surface area contributed by atoms with E-state index in [2.05, 4.69) is 0 Å². The van der Waals surface area contributed by atoms with E-state index < -0.39 is 17.6 Å². The van der Waals surface area contributed by atoms with Gasteiger partial charge in [-0.25, -0.2) is 5.01 Å². The van der Waals surface area contributed by atoms with Gasteiger partial charge in [-0.2, -0.15) is 0 Å². The number of hydrogen-bond donors (Lipinski definition) is 1. The summed E-state index contributed by atoms with van der Waals surface area (Å²) in [6.45, 7) is 4.53. The fraction of sp³-hybridized carbons (Fsp3) is 0.400. The van der Waals surface area contributed by atoms with Crippen molar-refractivity contribution in [3.63, 3.8) is 0 Å². The topological polar surface area (TPSA) is 87.1 Å². The number of nitrogens with zero attached hydrogens (tertiary/aromatic N) is 2. The van der Waals surface area contributed by atoms with E-state index in [0.717, 1.165) is 23.0 Å². The first-order chi connectivity index (χ1) is 15.3. The Morgan fingerprint density at radius 2 is 1.84 bits per heavy atom. The summed E-state index contributed by atoms with van der Waals surface area (Å²) in [6.07, 6.45) is 0.636. The number of amides is 1. The average Bonchev–Trinajstić information content (AvgIpc) is 3.31. The van der Waals surface area contributed by atoms with E-state index in [4.69, 9.17) is 4.74 Å². The summed E-state index contributed by atoms with van der Waals surface area (Å²) in [7, 11) is 0. The van der Waals surface area contributed by atoms with Crippen LogP contribution < -0.4 is 0 Å². The van der Waals surface area contributed by atoms with E-state index in [1.165, 1.54) is 0 Å². The summed E-state index contributed by atoms with van der Waals surface area (Å²) in [6, 6.07) is 14.6. The normalized spacial score (nSPS) is 23.7. The molecule has 32 heavy (non-hydrogen) atoms. The molecule has 2 aliphatic rings. The number of phenols is 1. The molecule has 3 unspecified atom stereocenters. The van der Waals surface area contributed by atoms with E-state index in [1.54, 1.807) is 36.2 Å². The van der Waals surface area contributed by atoms with Gasteiger partial charge in [0.1, 0.15) is 24.2 Å². The van der Waals surface area contributed by atoms with Crippen molar-refractivity contribution < 1.29 is 24.2 Å². The molecule has 2 aromatic rings. The van der Waals surface area contributed by atoms with Crippen molar-refractivity contribution in [1.82, 2.24) is 10.0 Å². The Morgan fingerprint density at radius 1 is 1.22 bits per heavy atom. The number of fused-ring (bicyclic) bond motifs is 1. The van der Waals surface area contributed by atoms with Crippen molar-refractivity contribution in [3.05, 3.63) is 65.2 Å². The molecule has 0 aliphatic carbocycles. The van der Waals surface area contributed by atoms with Crippen LogP contribution in [0.3, 0.4) is 0 Å². The summed E-state index contributed by atoms with van der Waals surface area (Å²) in [4.78, 5) is 38.5. The van der Waals surface area contributed by atoms with Crippen LogP contribution in [0, 0.1) is 5.92 Å². The van der Waals surface area contributed by atoms with Gasteiger partial charge in [-0.15, -0.1) is 0 Å². The molecule has 4 rings (SSSR count). The second-order valence-corrected chi connectivity index (χ2v) is 8.74. The van der Waals surface area contributed by atoms with Crippen molar-refractivity contribution in [3.8, 4) is 5.75 Å². The van der Waals surface area contributed by atoms with Crippen LogP contribution in [0.1, 0.15) is 37.0 Å². The first-order valence-electron chi connectivity index (χ1n) is 10.9. The fourth-order valence-electron chi connectivity index (χ4n) is 4.62. The van der Waals surface area contributed by atoms with Crippen LogP contribution in [0.25, 0.3) is 0 Å². The highest BCUT2D eigenvalue weighted by molar-refractivity contribution is 5.96. The van der Waals surface area contributed by atoms with Gasteiger partial charge in [-0.05, 0) is 49.1 Å². The summed E-state index contributed by atoms with van der Waals surface area (Å²) < 4.78 is 5.65. The van der Waals surface area contributed by atoms with Gasteiger partial charge in [0.05, 0.1) is 12.0 Å². The van der Waals surface area contributed by atoms with Gasteiger partial charge in [-0.1, -0.05) is 36.4 Å². The maximum absolute atomic E-state index is 14.0. The number of ketones is 1. The minimum absolute atomic E-state index is 0.0382. The highest BCUT2D eigenvalue weighted by atomic mass is 16.5. The van der Waals surface area contributed by atoms with Gasteiger partial charge in [0.2, 0.25) is 5.91 Å². The molecule has 2 heterocycles. The van der Waals surface area contributed by atoms with Crippen LogP contribution in [0.15, 0.2) is 48.5 Å². The monoisotopic (exact) mass is 436 g/mol. The molecule has 7 heteroatoms. The largest absolute Gasteiger partial charge is 0.508 e. The smallest absolute Gasteiger partial charge is 0.241 e. The standard InChI is InChI=1S/C25H28N2O5/c1-17-25(2,23(30)16-32-17)27(26-14-20-5-3-4-6-21(20)15-26)24(31)19(11-12-28)13-18-7-9-22(29)10-8-18/h3-10,12,17,19,29H,11,13-16H2,1-2H3. The van der Waals surface area contributed by atoms with Gasteiger partial charge in [-0.3, -0.25) is 14.6 Å². The Kier molecular flexibility index (Phi) is 6.13. The first kappa shape index (κ1) is 22.2.